The van der Waals surface area contributed by atoms with E-state index in [9.17, 15) is 4.79 Å². The van der Waals surface area contributed by atoms with E-state index >= 15 is 0 Å². The van der Waals surface area contributed by atoms with Crippen molar-refractivity contribution in [3.05, 3.63) is 47.4 Å². The van der Waals surface area contributed by atoms with Crippen LogP contribution >= 0.6 is 0 Å². The predicted molar refractivity (Wildman–Crippen MR) is 87.4 cm³/mol. The van der Waals surface area contributed by atoms with Crippen LogP contribution in [0.1, 0.15) is 21.9 Å². The van der Waals surface area contributed by atoms with Gasteiger partial charge in [-0.05, 0) is 30.2 Å². The third-order valence-corrected chi connectivity index (χ3v) is 3.98. The number of benzene rings is 1. The second kappa shape index (κ2) is 7.40. The Kier molecular flexibility index (Phi) is 5.05. The summed E-state index contributed by atoms with van der Waals surface area (Å²) < 4.78 is 21.4. The number of ether oxygens (including phenoxy) is 3. The van der Waals surface area contributed by atoms with E-state index in [1.807, 2.05) is 18.2 Å². The minimum atomic E-state index is -0.224. The molecule has 0 fully saturated rings. The lowest BCUT2D eigenvalue weighted by molar-refractivity contribution is 0.0902. The first kappa shape index (κ1) is 16.4. The van der Waals surface area contributed by atoms with Crippen molar-refractivity contribution in [2.75, 3.05) is 27.4 Å². The first-order valence-electron chi connectivity index (χ1n) is 7.85. The van der Waals surface area contributed by atoms with E-state index < -0.39 is 0 Å². The summed E-state index contributed by atoms with van der Waals surface area (Å²) in [6.45, 7) is 1.45. The molecule has 0 saturated carbocycles. The van der Waals surface area contributed by atoms with Gasteiger partial charge in [0.25, 0.3) is 5.91 Å². The molecule has 0 saturated heterocycles. The lowest BCUT2D eigenvalue weighted by Crippen LogP contribution is -2.34. The Balaban J connectivity index is 1.54. The summed E-state index contributed by atoms with van der Waals surface area (Å²) in [5.74, 6) is 2.56. The lowest BCUT2D eigenvalue weighted by Gasteiger charge is -2.25. The highest BCUT2D eigenvalue weighted by molar-refractivity contribution is 5.91. The zero-order chi connectivity index (χ0) is 16.9. The summed E-state index contributed by atoms with van der Waals surface area (Å²) in [7, 11) is 3.22. The molecule has 128 valence electrons. The Morgan fingerprint density at radius 3 is 2.96 bits per heavy atom. The van der Waals surface area contributed by atoms with Crippen LogP contribution < -0.4 is 14.8 Å². The van der Waals surface area contributed by atoms with Crippen LogP contribution in [0.2, 0.25) is 0 Å². The predicted octanol–water partition coefficient (Wildman–Crippen LogP) is 2.42. The van der Waals surface area contributed by atoms with Crippen molar-refractivity contribution >= 4 is 5.91 Å². The zero-order valence-corrected chi connectivity index (χ0v) is 13.8. The van der Waals surface area contributed by atoms with Crippen LogP contribution in [0.3, 0.4) is 0 Å². The van der Waals surface area contributed by atoms with E-state index in [0.717, 1.165) is 23.5 Å². The minimum absolute atomic E-state index is 0.224. The number of carbonyl (C=O) groups excluding carboxylic acids is 1. The highest BCUT2D eigenvalue weighted by Gasteiger charge is 2.21. The molecule has 0 bridgehead atoms. The molecule has 6 nitrogen and oxygen atoms in total. The van der Waals surface area contributed by atoms with E-state index in [4.69, 9.17) is 18.6 Å². The molecule has 2 heterocycles. The molecule has 24 heavy (non-hydrogen) atoms. The number of rotatable bonds is 6. The molecule has 1 aliphatic heterocycles. The van der Waals surface area contributed by atoms with Crippen LogP contribution in [0.15, 0.2) is 34.7 Å². The quantitative estimate of drug-likeness (QED) is 0.880. The fourth-order valence-electron chi connectivity index (χ4n) is 2.72. The summed E-state index contributed by atoms with van der Waals surface area (Å²) in [4.78, 5) is 12.1. The Hall–Kier alpha value is -2.47. The van der Waals surface area contributed by atoms with Crippen molar-refractivity contribution in [3.8, 4) is 11.5 Å². The molecule has 1 aliphatic rings. The number of carbonyl (C=O) groups is 1. The Morgan fingerprint density at radius 1 is 1.29 bits per heavy atom. The number of hydrogen-bond acceptors (Lipinski definition) is 5. The van der Waals surface area contributed by atoms with Crippen LogP contribution in [0, 0.1) is 5.92 Å². The Labute approximate surface area is 140 Å². The first-order valence-corrected chi connectivity index (χ1v) is 7.85. The zero-order valence-electron chi connectivity index (χ0n) is 13.8. The van der Waals surface area contributed by atoms with E-state index in [1.54, 1.807) is 26.4 Å². The second-order valence-corrected chi connectivity index (χ2v) is 5.76. The number of amides is 1. The van der Waals surface area contributed by atoms with Crippen LogP contribution in [-0.4, -0.2) is 33.3 Å². The molecule has 1 aromatic heterocycles. The van der Waals surface area contributed by atoms with Gasteiger partial charge in [-0.1, -0.05) is 6.07 Å². The second-order valence-electron chi connectivity index (χ2n) is 5.76. The summed E-state index contributed by atoms with van der Waals surface area (Å²) in [6, 6.07) is 9.22. The van der Waals surface area contributed by atoms with Gasteiger partial charge in [-0.3, -0.25) is 4.79 Å². The maximum atomic E-state index is 12.1. The molecule has 0 aliphatic carbocycles. The topological polar surface area (TPSA) is 69.9 Å². The lowest BCUT2D eigenvalue weighted by atomic mass is 9.96. The standard InChI is InChI=1S/C18H21NO5/c1-21-11-15-5-6-16(24-15)18(20)19-9-12-7-13-3-4-14(22-2)8-17(13)23-10-12/h3-6,8,12H,7,9-11H2,1-2H3,(H,19,20)/t12-/m1/s1. The minimum Gasteiger partial charge on any atom is -0.497 e. The maximum Gasteiger partial charge on any atom is 0.287 e. The van der Waals surface area contributed by atoms with Crippen molar-refractivity contribution in [3.63, 3.8) is 0 Å². The fraction of sp³-hybridized carbons (Fsp3) is 0.389. The van der Waals surface area contributed by atoms with Gasteiger partial charge in [-0.25, -0.2) is 0 Å². The average Bonchev–Trinajstić information content (AvgIpc) is 3.08. The van der Waals surface area contributed by atoms with Crippen LogP contribution in [0.25, 0.3) is 0 Å². The molecule has 0 unspecified atom stereocenters. The third-order valence-electron chi connectivity index (χ3n) is 3.98. The Morgan fingerprint density at radius 2 is 2.17 bits per heavy atom. The molecule has 0 spiro atoms. The van der Waals surface area contributed by atoms with Gasteiger partial charge in [0.2, 0.25) is 0 Å². The number of methoxy groups -OCH3 is 2. The van der Waals surface area contributed by atoms with Gasteiger partial charge in [-0.15, -0.1) is 0 Å². The van der Waals surface area contributed by atoms with Crippen molar-refractivity contribution < 1.29 is 23.4 Å². The van der Waals surface area contributed by atoms with Gasteiger partial charge in [0.15, 0.2) is 5.76 Å². The average molecular weight is 331 g/mol. The molecular weight excluding hydrogens is 310 g/mol. The van der Waals surface area contributed by atoms with Gasteiger partial charge in [0.1, 0.15) is 23.9 Å². The van der Waals surface area contributed by atoms with Crippen molar-refractivity contribution in [1.82, 2.24) is 5.32 Å². The van der Waals surface area contributed by atoms with Crippen LogP contribution in [-0.2, 0) is 17.8 Å². The molecular formula is C18H21NO5. The number of hydrogen-bond donors (Lipinski definition) is 1. The van der Waals surface area contributed by atoms with Gasteiger partial charge in [0.05, 0.1) is 13.7 Å². The maximum absolute atomic E-state index is 12.1. The summed E-state index contributed by atoms with van der Waals surface area (Å²) in [6.07, 6.45) is 0.854. The van der Waals surface area contributed by atoms with Gasteiger partial charge >= 0.3 is 0 Å². The largest absolute Gasteiger partial charge is 0.497 e. The number of furan rings is 1. The SMILES string of the molecule is COCc1ccc(C(=O)NC[C@@H]2COc3cc(OC)ccc3C2)o1. The van der Waals surface area contributed by atoms with Crippen molar-refractivity contribution in [1.29, 1.82) is 0 Å². The Bertz CT molecular complexity index is 709. The van der Waals surface area contributed by atoms with Crippen molar-refractivity contribution in [2.45, 2.75) is 13.0 Å². The molecule has 1 aromatic carbocycles. The molecule has 0 radical (unpaired) electrons. The number of nitrogens with one attached hydrogen (secondary N) is 1. The summed E-state index contributed by atoms with van der Waals surface area (Å²) in [5, 5.41) is 2.90. The van der Waals surface area contributed by atoms with Gasteiger partial charge in [0, 0.05) is 25.6 Å². The smallest absolute Gasteiger partial charge is 0.287 e. The van der Waals surface area contributed by atoms with Crippen molar-refractivity contribution in [2.24, 2.45) is 5.92 Å². The fourth-order valence-corrected chi connectivity index (χ4v) is 2.72. The van der Waals surface area contributed by atoms with E-state index in [-0.39, 0.29) is 11.8 Å². The van der Waals surface area contributed by atoms with Gasteiger partial charge in [-0.2, -0.15) is 0 Å². The molecule has 6 heteroatoms. The summed E-state index contributed by atoms with van der Waals surface area (Å²) >= 11 is 0. The van der Waals surface area contributed by atoms with Crippen LogP contribution in [0.4, 0.5) is 0 Å². The highest BCUT2D eigenvalue weighted by atomic mass is 16.5. The molecule has 1 amide bonds. The molecule has 1 atom stereocenters. The molecule has 3 rings (SSSR count). The molecule has 2 aromatic rings. The van der Waals surface area contributed by atoms with Crippen LogP contribution in [0.5, 0.6) is 11.5 Å². The van der Waals surface area contributed by atoms with Gasteiger partial charge < -0.3 is 23.9 Å². The van der Waals surface area contributed by atoms with E-state index in [1.165, 1.54) is 0 Å². The monoisotopic (exact) mass is 331 g/mol. The first-order chi connectivity index (χ1) is 11.7. The summed E-state index contributed by atoms with van der Waals surface area (Å²) in [5.41, 5.74) is 1.13. The normalized spacial score (nSPS) is 16.2. The molecule has 1 N–H and O–H groups in total. The third kappa shape index (κ3) is 3.71. The van der Waals surface area contributed by atoms with E-state index in [2.05, 4.69) is 5.32 Å². The van der Waals surface area contributed by atoms with E-state index in [0.29, 0.717) is 31.3 Å². The number of fused-ring (bicyclic) bond motifs is 1. The highest BCUT2D eigenvalue weighted by Crippen LogP contribution is 2.30.